The summed E-state index contributed by atoms with van der Waals surface area (Å²) in [5, 5.41) is 10.5. The lowest BCUT2D eigenvalue weighted by molar-refractivity contribution is -0.122. The van der Waals surface area contributed by atoms with Gasteiger partial charge in [0.15, 0.2) is 5.96 Å². The third-order valence-corrected chi connectivity index (χ3v) is 5.79. The number of hydrogen-bond donors (Lipinski definition) is 3. The van der Waals surface area contributed by atoms with Crippen molar-refractivity contribution in [2.75, 3.05) is 19.6 Å². The van der Waals surface area contributed by atoms with Gasteiger partial charge in [-0.3, -0.25) is 4.79 Å². The van der Waals surface area contributed by atoms with Crippen LogP contribution in [0.2, 0.25) is 0 Å². The van der Waals surface area contributed by atoms with Gasteiger partial charge in [-0.05, 0) is 39.5 Å². The summed E-state index contributed by atoms with van der Waals surface area (Å²) in [4.78, 5) is 22.4. The van der Waals surface area contributed by atoms with Crippen LogP contribution in [0.3, 0.4) is 0 Å². The predicted molar refractivity (Wildman–Crippen MR) is 109 cm³/mol. The Morgan fingerprint density at radius 1 is 1.15 bits per heavy atom. The Hall–Kier alpha value is -1.63. The molecular formula is C19H33N5OS. The van der Waals surface area contributed by atoms with Crippen molar-refractivity contribution < 1.29 is 4.79 Å². The Morgan fingerprint density at radius 3 is 2.54 bits per heavy atom. The number of rotatable bonds is 8. The summed E-state index contributed by atoms with van der Waals surface area (Å²) in [6, 6.07) is 0. The normalized spacial score (nSPS) is 15.7. The first kappa shape index (κ1) is 20.7. The number of carbonyl (C=O) groups is 1. The van der Waals surface area contributed by atoms with Gasteiger partial charge < -0.3 is 16.0 Å². The standard InChI is InChI=1S/C19H33N5OS/c1-4-20-19(23-13-18-24-14(2)15(3)26-18)22-11-10-21-17(25)12-16-8-6-5-7-9-16/h16H,4-13H2,1-3H3,(H,21,25)(H2,20,22,23). The summed E-state index contributed by atoms with van der Waals surface area (Å²) in [5.74, 6) is 1.52. The van der Waals surface area contributed by atoms with Gasteiger partial charge in [0.1, 0.15) is 5.01 Å². The van der Waals surface area contributed by atoms with Crippen LogP contribution >= 0.6 is 11.3 Å². The zero-order chi connectivity index (χ0) is 18.8. The second-order valence-electron chi connectivity index (χ2n) is 6.93. The first-order valence-corrected chi connectivity index (χ1v) is 10.6. The van der Waals surface area contributed by atoms with E-state index < -0.39 is 0 Å². The van der Waals surface area contributed by atoms with Crippen molar-refractivity contribution in [2.45, 2.75) is 65.8 Å². The van der Waals surface area contributed by atoms with E-state index >= 15 is 0 Å². The third kappa shape index (κ3) is 7.32. The van der Waals surface area contributed by atoms with E-state index in [1.807, 2.05) is 13.8 Å². The van der Waals surface area contributed by atoms with Gasteiger partial charge in [-0.2, -0.15) is 0 Å². The first-order valence-electron chi connectivity index (χ1n) is 9.80. The number of carbonyl (C=O) groups excluding carboxylic acids is 1. The molecular weight excluding hydrogens is 346 g/mol. The van der Waals surface area contributed by atoms with Crippen molar-refractivity contribution in [1.29, 1.82) is 0 Å². The molecule has 6 nitrogen and oxygen atoms in total. The van der Waals surface area contributed by atoms with E-state index in [2.05, 4.69) is 32.9 Å². The molecule has 26 heavy (non-hydrogen) atoms. The molecule has 0 atom stereocenters. The van der Waals surface area contributed by atoms with Gasteiger partial charge in [-0.1, -0.05) is 19.3 Å². The number of amides is 1. The average molecular weight is 380 g/mol. The van der Waals surface area contributed by atoms with Gasteiger partial charge in [-0.15, -0.1) is 11.3 Å². The molecule has 7 heteroatoms. The zero-order valence-electron chi connectivity index (χ0n) is 16.4. The fraction of sp³-hybridized carbons (Fsp3) is 0.737. The molecule has 1 aliphatic rings. The van der Waals surface area contributed by atoms with Crippen molar-refractivity contribution >= 4 is 23.2 Å². The summed E-state index contributed by atoms with van der Waals surface area (Å²) in [5.41, 5.74) is 1.08. The van der Waals surface area contributed by atoms with Crippen molar-refractivity contribution in [3.05, 3.63) is 15.6 Å². The Balaban J connectivity index is 1.68. The first-order chi connectivity index (χ1) is 12.6. The molecule has 1 aromatic heterocycles. The van der Waals surface area contributed by atoms with Crippen LogP contribution in [-0.4, -0.2) is 36.5 Å². The number of hydrogen-bond acceptors (Lipinski definition) is 4. The summed E-state index contributed by atoms with van der Waals surface area (Å²) >= 11 is 1.69. The number of thiazole rings is 1. The number of aromatic nitrogens is 1. The van der Waals surface area contributed by atoms with Crippen LogP contribution in [0.25, 0.3) is 0 Å². The fourth-order valence-electron chi connectivity index (χ4n) is 3.20. The molecule has 1 aromatic rings. The number of nitrogens with zero attached hydrogens (tertiary/aromatic N) is 2. The van der Waals surface area contributed by atoms with Gasteiger partial charge in [0, 0.05) is 30.9 Å². The Bertz CT molecular complexity index is 573. The Labute approximate surface area is 161 Å². The van der Waals surface area contributed by atoms with Gasteiger partial charge in [0.05, 0.1) is 12.2 Å². The van der Waals surface area contributed by atoms with E-state index in [0.717, 1.165) is 23.2 Å². The molecule has 1 aliphatic carbocycles. The average Bonchev–Trinajstić information content (AvgIpc) is 2.95. The lowest BCUT2D eigenvalue weighted by Gasteiger charge is -2.20. The summed E-state index contributed by atoms with van der Waals surface area (Å²) < 4.78 is 0. The van der Waals surface area contributed by atoms with Crippen LogP contribution in [-0.2, 0) is 11.3 Å². The molecule has 146 valence electrons. The molecule has 1 heterocycles. The number of nitrogens with one attached hydrogen (secondary N) is 3. The summed E-state index contributed by atoms with van der Waals surface area (Å²) in [6.45, 7) is 8.81. The lowest BCUT2D eigenvalue weighted by Crippen LogP contribution is -2.41. The van der Waals surface area contributed by atoms with Crippen molar-refractivity contribution in [2.24, 2.45) is 10.9 Å². The highest BCUT2D eigenvalue weighted by Crippen LogP contribution is 2.25. The lowest BCUT2D eigenvalue weighted by atomic mass is 9.87. The molecule has 0 radical (unpaired) electrons. The molecule has 0 unspecified atom stereocenters. The van der Waals surface area contributed by atoms with E-state index in [1.165, 1.54) is 37.0 Å². The van der Waals surface area contributed by atoms with E-state index in [-0.39, 0.29) is 5.91 Å². The van der Waals surface area contributed by atoms with Crippen LogP contribution in [0.1, 0.15) is 61.0 Å². The molecule has 2 rings (SSSR count). The smallest absolute Gasteiger partial charge is 0.220 e. The van der Waals surface area contributed by atoms with Crippen LogP contribution in [0.15, 0.2) is 4.99 Å². The molecule has 0 spiro atoms. The second-order valence-corrected chi connectivity index (χ2v) is 8.22. The molecule has 1 saturated carbocycles. The monoisotopic (exact) mass is 379 g/mol. The maximum atomic E-state index is 12.0. The molecule has 0 aromatic carbocycles. The van der Waals surface area contributed by atoms with Crippen LogP contribution in [0, 0.1) is 19.8 Å². The van der Waals surface area contributed by atoms with E-state index in [4.69, 9.17) is 0 Å². The minimum atomic E-state index is 0.175. The Kier molecular flexibility index (Phi) is 8.88. The maximum absolute atomic E-state index is 12.0. The molecule has 1 amide bonds. The highest BCUT2D eigenvalue weighted by atomic mass is 32.1. The Morgan fingerprint density at radius 2 is 1.88 bits per heavy atom. The van der Waals surface area contributed by atoms with Gasteiger partial charge >= 0.3 is 0 Å². The minimum absolute atomic E-state index is 0.175. The third-order valence-electron chi connectivity index (χ3n) is 4.73. The largest absolute Gasteiger partial charge is 0.357 e. The van der Waals surface area contributed by atoms with Gasteiger partial charge in [0.2, 0.25) is 5.91 Å². The highest BCUT2D eigenvalue weighted by molar-refractivity contribution is 7.11. The quantitative estimate of drug-likeness (QED) is 0.369. The van der Waals surface area contributed by atoms with Crippen LogP contribution in [0.4, 0.5) is 0 Å². The number of aryl methyl sites for hydroxylation is 2. The highest BCUT2D eigenvalue weighted by Gasteiger charge is 2.16. The van der Waals surface area contributed by atoms with Crippen LogP contribution in [0.5, 0.6) is 0 Å². The number of guanidine groups is 1. The van der Waals surface area contributed by atoms with Crippen molar-refractivity contribution in [3.63, 3.8) is 0 Å². The van der Waals surface area contributed by atoms with Crippen LogP contribution < -0.4 is 16.0 Å². The number of aliphatic imine (C=N–C) groups is 1. The fourth-order valence-corrected chi connectivity index (χ4v) is 4.06. The summed E-state index contributed by atoms with van der Waals surface area (Å²) in [7, 11) is 0. The van der Waals surface area contributed by atoms with E-state index in [9.17, 15) is 4.79 Å². The predicted octanol–water partition coefficient (Wildman–Crippen LogP) is 2.90. The maximum Gasteiger partial charge on any atom is 0.220 e. The minimum Gasteiger partial charge on any atom is -0.357 e. The topological polar surface area (TPSA) is 78.4 Å². The molecule has 0 saturated heterocycles. The van der Waals surface area contributed by atoms with Gasteiger partial charge in [-0.25, -0.2) is 9.98 Å². The van der Waals surface area contributed by atoms with Gasteiger partial charge in [0.25, 0.3) is 0 Å². The molecule has 1 fully saturated rings. The zero-order valence-corrected chi connectivity index (χ0v) is 17.2. The SMILES string of the molecule is CCNC(=NCc1nc(C)c(C)s1)NCCNC(=O)CC1CCCCC1. The summed E-state index contributed by atoms with van der Waals surface area (Å²) in [6.07, 6.45) is 6.98. The molecule has 0 bridgehead atoms. The van der Waals surface area contributed by atoms with E-state index in [0.29, 0.717) is 32.0 Å². The molecule has 0 aliphatic heterocycles. The van der Waals surface area contributed by atoms with Crippen molar-refractivity contribution in [3.8, 4) is 0 Å². The van der Waals surface area contributed by atoms with E-state index in [1.54, 1.807) is 11.3 Å². The second kappa shape index (κ2) is 11.2. The molecule has 3 N–H and O–H groups in total. The van der Waals surface area contributed by atoms with Crippen molar-refractivity contribution in [1.82, 2.24) is 20.9 Å².